The molecule has 0 bridgehead atoms. The largest absolute Gasteiger partial charge is 0.358 e. The lowest BCUT2D eigenvalue weighted by Crippen LogP contribution is -2.47. The van der Waals surface area contributed by atoms with Crippen LogP contribution in [0.3, 0.4) is 0 Å². The first-order valence-corrected chi connectivity index (χ1v) is 7.51. The lowest BCUT2D eigenvalue weighted by molar-refractivity contribution is -0.122. The SMILES string of the molecule is Cc1c(Cl)nc(C(C)C)nc1NC(C)C(=O)NC(C)(C)C. The predicted octanol–water partition coefficient (Wildman–Crippen LogP) is 3.28. The molecule has 1 rings (SSSR count). The van der Waals surface area contributed by atoms with Crippen LogP contribution in [-0.4, -0.2) is 27.5 Å². The molecule has 1 aromatic rings. The lowest BCUT2D eigenvalue weighted by atomic mass is 10.1. The Labute approximate surface area is 131 Å². The van der Waals surface area contributed by atoms with E-state index >= 15 is 0 Å². The van der Waals surface area contributed by atoms with Gasteiger partial charge < -0.3 is 10.6 Å². The third kappa shape index (κ3) is 5.16. The number of rotatable bonds is 4. The van der Waals surface area contributed by atoms with Crippen LogP contribution in [0.1, 0.15) is 58.8 Å². The van der Waals surface area contributed by atoms with E-state index in [1.807, 2.05) is 41.5 Å². The van der Waals surface area contributed by atoms with E-state index in [2.05, 4.69) is 20.6 Å². The Morgan fingerprint density at radius 2 is 1.76 bits per heavy atom. The summed E-state index contributed by atoms with van der Waals surface area (Å²) >= 11 is 6.14. The Hall–Kier alpha value is -1.36. The molecule has 1 amide bonds. The topological polar surface area (TPSA) is 66.9 Å². The van der Waals surface area contributed by atoms with Crippen molar-refractivity contribution in [3.05, 3.63) is 16.5 Å². The average Bonchev–Trinajstić information content (AvgIpc) is 2.32. The highest BCUT2D eigenvalue weighted by Crippen LogP contribution is 2.23. The van der Waals surface area contributed by atoms with Crippen LogP contribution in [0.2, 0.25) is 5.15 Å². The van der Waals surface area contributed by atoms with Crippen LogP contribution in [-0.2, 0) is 4.79 Å². The summed E-state index contributed by atoms with van der Waals surface area (Å²) in [7, 11) is 0. The van der Waals surface area contributed by atoms with E-state index in [0.717, 1.165) is 5.56 Å². The summed E-state index contributed by atoms with van der Waals surface area (Å²) in [5.41, 5.74) is 0.477. The maximum absolute atomic E-state index is 12.1. The Kier molecular flexibility index (Phi) is 5.56. The van der Waals surface area contributed by atoms with Crippen LogP contribution < -0.4 is 10.6 Å². The second kappa shape index (κ2) is 6.60. The number of carbonyl (C=O) groups is 1. The molecule has 0 spiro atoms. The van der Waals surface area contributed by atoms with Gasteiger partial charge in [-0.1, -0.05) is 25.4 Å². The Morgan fingerprint density at radius 3 is 2.24 bits per heavy atom. The summed E-state index contributed by atoms with van der Waals surface area (Å²) in [6, 6.07) is -0.408. The van der Waals surface area contributed by atoms with Gasteiger partial charge in [0.1, 0.15) is 22.8 Å². The molecule has 0 aromatic carbocycles. The van der Waals surface area contributed by atoms with Crippen molar-refractivity contribution in [1.82, 2.24) is 15.3 Å². The first-order chi connectivity index (χ1) is 9.51. The molecule has 5 nitrogen and oxygen atoms in total. The van der Waals surface area contributed by atoms with Crippen molar-refractivity contribution in [2.45, 2.75) is 66.0 Å². The van der Waals surface area contributed by atoms with Crippen LogP contribution in [0.4, 0.5) is 5.82 Å². The quantitative estimate of drug-likeness (QED) is 0.837. The van der Waals surface area contributed by atoms with Gasteiger partial charge in [-0.25, -0.2) is 9.97 Å². The average molecular weight is 313 g/mol. The van der Waals surface area contributed by atoms with Crippen molar-refractivity contribution in [2.24, 2.45) is 0 Å². The van der Waals surface area contributed by atoms with Gasteiger partial charge in [0.05, 0.1) is 0 Å². The number of carbonyl (C=O) groups excluding carboxylic acids is 1. The summed E-state index contributed by atoms with van der Waals surface area (Å²) in [5, 5.41) is 6.47. The fraction of sp³-hybridized carbons (Fsp3) is 0.667. The number of nitrogens with one attached hydrogen (secondary N) is 2. The van der Waals surface area contributed by atoms with Crippen molar-refractivity contribution < 1.29 is 4.79 Å². The van der Waals surface area contributed by atoms with E-state index in [9.17, 15) is 4.79 Å². The number of halogens is 1. The molecule has 0 aliphatic rings. The molecule has 1 atom stereocenters. The molecule has 0 radical (unpaired) electrons. The number of nitrogens with zero attached hydrogens (tertiary/aromatic N) is 2. The molecule has 6 heteroatoms. The molecule has 0 saturated heterocycles. The smallest absolute Gasteiger partial charge is 0.242 e. The highest BCUT2D eigenvalue weighted by molar-refractivity contribution is 6.30. The molecule has 0 saturated carbocycles. The van der Waals surface area contributed by atoms with Crippen molar-refractivity contribution in [1.29, 1.82) is 0 Å². The minimum absolute atomic E-state index is 0.0808. The van der Waals surface area contributed by atoms with Crippen LogP contribution in [0.25, 0.3) is 0 Å². The van der Waals surface area contributed by atoms with Gasteiger partial charge in [-0.15, -0.1) is 0 Å². The number of hydrogen-bond donors (Lipinski definition) is 2. The normalized spacial score (nSPS) is 13.2. The second-order valence-electron chi connectivity index (χ2n) is 6.61. The van der Waals surface area contributed by atoms with Gasteiger partial charge in [0, 0.05) is 17.0 Å². The maximum Gasteiger partial charge on any atom is 0.242 e. The van der Waals surface area contributed by atoms with E-state index in [4.69, 9.17) is 11.6 Å². The molecular formula is C15H25ClN4O. The van der Waals surface area contributed by atoms with Gasteiger partial charge in [0.15, 0.2) is 0 Å². The summed E-state index contributed by atoms with van der Waals surface area (Å²) in [4.78, 5) is 20.9. The molecule has 118 valence electrons. The minimum Gasteiger partial charge on any atom is -0.358 e. The highest BCUT2D eigenvalue weighted by atomic mass is 35.5. The minimum atomic E-state index is -0.408. The predicted molar refractivity (Wildman–Crippen MR) is 86.8 cm³/mol. The standard InChI is InChI=1S/C15H25ClN4O/c1-8(2)12-18-11(16)9(3)13(19-12)17-10(4)14(21)20-15(5,6)7/h8,10H,1-7H3,(H,20,21)(H,17,18,19). The zero-order valence-corrected chi connectivity index (χ0v) is 14.6. The fourth-order valence-electron chi connectivity index (χ4n) is 1.65. The van der Waals surface area contributed by atoms with E-state index in [0.29, 0.717) is 16.8 Å². The number of hydrogen-bond acceptors (Lipinski definition) is 4. The second-order valence-corrected chi connectivity index (χ2v) is 6.96. The number of amides is 1. The van der Waals surface area contributed by atoms with Crippen LogP contribution in [0.5, 0.6) is 0 Å². The summed E-state index contributed by atoms with van der Waals surface area (Å²) < 4.78 is 0. The Morgan fingerprint density at radius 1 is 1.19 bits per heavy atom. The van der Waals surface area contributed by atoms with Crippen LogP contribution >= 0.6 is 11.6 Å². The third-order valence-electron chi connectivity index (χ3n) is 2.86. The van der Waals surface area contributed by atoms with E-state index < -0.39 is 6.04 Å². The molecule has 1 unspecified atom stereocenters. The van der Waals surface area contributed by atoms with Crippen LogP contribution in [0.15, 0.2) is 0 Å². The molecule has 21 heavy (non-hydrogen) atoms. The summed E-state index contributed by atoms with van der Waals surface area (Å²) in [6.07, 6.45) is 0. The van der Waals surface area contributed by atoms with Gasteiger partial charge in [-0.2, -0.15) is 0 Å². The third-order valence-corrected chi connectivity index (χ3v) is 3.23. The van der Waals surface area contributed by atoms with Gasteiger partial charge >= 0.3 is 0 Å². The first-order valence-electron chi connectivity index (χ1n) is 7.14. The van der Waals surface area contributed by atoms with Crippen molar-refractivity contribution in [3.63, 3.8) is 0 Å². The summed E-state index contributed by atoms with van der Waals surface area (Å²) in [5.74, 6) is 1.36. The molecule has 0 aliphatic heterocycles. The molecule has 0 aliphatic carbocycles. The van der Waals surface area contributed by atoms with Crippen molar-refractivity contribution >= 4 is 23.3 Å². The van der Waals surface area contributed by atoms with E-state index in [-0.39, 0.29) is 17.4 Å². The van der Waals surface area contributed by atoms with Gasteiger partial charge in [0.25, 0.3) is 0 Å². The van der Waals surface area contributed by atoms with Gasteiger partial charge in [-0.3, -0.25) is 4.79 Å². The van der Waals surface area contributed by atoms with Crippen molar-refractivity contribution in [3.8, 4) is 0 Å². The molecule has 1 aromatic heterocycles. The maximum atomic E-state index is 12.1. The molecule has 0 fully saturated rings. The van der Waals surface area contributed by atoms with E-state index in [1.165, 1.54) is 0 Å². The van der Waals surface area contributed by atoms with Gasteiger partial charge in [-0.05, 0) is 34.6 Å². The monoisotopic (exact) mass is 312 g/mol. The fourth-order valence-corrected chi connectivity index (χ4v) is 1.83. The highest BCUT2D eigenvalue weighted by Gasteiger charge is 2.21. The van der Waals surface area contributed by atoms with E-state index in [1.54, 1.807) is 6.92 Å². The zero-order valence-electron chi connectivity index (χ0n) is 13.8. The van der Waals surface area contributed by atoms with Crippen molar-refractivity contribution in [2.75, 3.05) is 5.32 Å². The molecular weight excluding hydrogens is 288 g/mol. The zero-order chi connectivity index (χ0) is 16.4. The number of aromatic nitrogens is 2. The molecule has 1 heterocycles. The Bertz CT molecular complexity index is 523. The summed E-state index contributed by atoms with van der Waals surface area (Å²) in [6.45, 7) is 13.5. The van der Waals surface area contributed by atoms with Gasteiger partial charge in [0.2, 0.25) is 5.91 Å². The lowest BCUT2D eigenvalue weighted by Gasteiger charge is -2.24. The number of anilines is 1. The Balaban J connectivity index is 2.94. The van der Waals surface area contributed by atoms with Crippen LogP contribution in [0, 0.1) is 6.92 Å². The first kappa shape index (κ1) is 17.7. The molecule has 2 N–H and O–H groups in total.